The molecule has 0 spiro atoms. The zero-order valence-corrected chi connectivity index (χ0v) is 11.2. The first kappa shape index (κ1) is 14.2. The maximum absolute atomic E-state index is 11.3. The number of hydrogen-bond donors (Lipinski definition) is 1. The molecule has 1 aliphatic heterocycles. The maximum Gasteiger partial charge on any atom is 0.240 e. The Morgan fingerprint density at radius 3 is 2.24 bits per heavy atom. The summed E-state index contributed by atoms with van der Waals surface area (Å²) in [6.45, 7) is 7.10. The molecule has 98 valence electrons. The van der Waals surface area contributed by atoms with Crippen molar-refractivity contribution in [3.63, 3.8) is 0 Å². The molecule has 0 aromatic rings. The zero-order valence-electron chi connectivity index (χ0n) is 11.2. The molecule has 1 rings (SSSR count). The van der Waals surface area contributed by atoms with Gasteiger partial charge in [0.1, 0.15) is 0 Å². The number of carbonyl (C=O) groups is 2. The van der Waals surface area contributed by atoms with E-state index >= 15 is 0 Å². The lowest BCUT2D eigenvalue weighted by Crippen LogP contribution is -2.58. The summed E-state index contributed by atoms with van der Waals surface area (Å²) in [4.78, 5) is 24.7. The van der Waals surface area contributed by atoms with Crippen molar-refractivity contribution in [3.05, 3.63) is 0 Å². The van der Waals surface area contributed by atoms with Crippen molar-refractivity contribution >= 4 is 11.8 Å². The van der Waals surface area contributed by atoms with Gasteiger partial charge < -0.3 is 0 Å². The van der Waals surface area contributed by atoms with Crippen LogP contribution >= 0.6 is 0 Å². The molecule has 0 aliphatic carbocycles. The Morgan fingerprint density at radius 2 is 1.71 bits per heavy atom. The first-order valence-corrected chi connectivity index (χ1v) is 6.53. The van der Waals surface area contributed by atoms with E-state index in [1.165, 1.54) is 19.3 Å². The van der Waals surface area contributed by atoms with Gasteiger partial charge in [0.2, 0.25) is 11.8 Å². The summed E-state index contributed by atoms with van der Waals surface area (Å²) in [5.41, 5.74) is -0.0683. The van der Waals surface area contributed by atoms with Gasteiger partial charge in [0.25, 0.3) is 0 Å². The van der Waals surface area contributed by atoms with Gasteiger partial charge in [-0.3, -0.25) is 19.8 Å². The first-order valence-electron chi connectivity index (χ1n) is 6.53. The Hall–Kier alpha value is -0.900. The second-order valence-electron chi connectivity index (χ2n) is 5.45. The summed E-state index contributed by atoms with van der Waals surface area (Å²) < 4.78 is 0. The van der Waals surface area contributed by atoms with Gasteiger partial charge >= 0.3 is 0 Å². The van der Waals surface area contributed by atoms with Crippen molar-refractivity contribution in [1.82, 2.24) is 10.2 Å². The fourth-order valence-corrected chi connectivity index (χ4v) is 2.21. The molecule has 0 bridgehead atoms. The highest BCUT2D eigenvalue weighted by atomic mass is 16.2. The van der Waals surface area contributed by atoms with E-state index in [0.717, 1.165) is 12.8 Å². The zero-order chi connectivity index (χ0) is 12.9. The van der Waals surface area contributed by atoms with E-state index in [9.17, 15) is 9.59 Å². The van der Waals surface area contributed by atoms with Crippen LogP contribution in [0.4, 0.5) is 0 Å². The van der Waals surface area contributed by atoms with Crippen LogP contribution in [0.2, 0.25) is 0 Å². The fraction of sp³-hybridized carbons (Fsp3) is 0.846. The van der Waals surface area contributed by atoms with E-state index in [1.807, 2.05) is 4.90 Å². The van der Waals surface area contributed by atoms with Crippen LogP contribution in [0.5, 0.6) is 0 Å². The third-order valence-corrected chi connectivity index (χ3v) is 3.45. The molecule has 1 aliphatic rings. The SMILES string of the molecule is CCCCCCC(C)(C)N1CC(=O)NC(=O)C1. The highest BCUT2D eigenvalue weighted by molar-refractivity contribution is 5.99. The van der Waals surface area contributed by atoms with Crippen LogP contribution in [-0.2, 0) is 9.59 Å². The number of nitrogens with zero attached hydrogens (tertiary/aromatic N) is 1. The molecular weight excluding hydrogens is 216 g/mol. The van der Waals surface area contributed by atoms with Crippen LogP contribution in [0.1, 0.15) is 52.9 Å². The van der Waals surface area contributed by atoms with Crippen LogP contribution in [0.3, 0.4) is 0 Å². The minimum atomic E-state index is -0.178. The standard InChI is InChI=1S/C13H24N2O2/c1-4-5-6-7-8-13(2,3)15-9-11(16)14-12(17)10-15/h4-10H2,1-3H3,(H,14,16,17). The van der Waals surface area contributed by atoms with Gasteiger partial charge in [0, 0.05) is 5.54 Å². The number of carbonyl (C=O) groups excluding carboxylic acids is 2. The van der Waals surface area contributed by atoms with Gasteiger partial charge in [-0.15, -0.1) is 0 Å². The molecule has 0 radical (unpaired) electrons. The summed E-state index contributed by atoms with van der Waals surface area (Å²) in [7, 11) is 0. The normalized spacial score (nSPS) is 18.3. The minimum absolute atomic E-state index is 0.0683. The molecule has 0 unspecified atom stereocenters. The lowest BCUT2D eigenvalue weighted by atomic mass is 9.93. The van der Waals surface area contributed by atoms with Gasteiger partial charge in [0.15, 0.2) is 0 Å². The highest BCUT2D eigenvalue weighted by Gasteiger charge is 2.33. The summed E-state index contributed by atoms with van der Waals surface area (Å²) in [6, 6.07) is 0. The molecule has 4 nitrogen and oxygen atoms in total. The molecule has 1 saturated heterocycles. The van der Waals surface area contributed by atoms with Gasteiger partial charge in [-0.2, -0.15) is 0 Å². The number of amides is 2. The quantitative estimate of drug-likeness (QED) is 0.568. The van der Waals surface area contributed by atoms with Crippen molar-refractivity contribution in [2.24, 2.45) is 0 Å². The molecule has 1 fully saturated rings. The molecule has 1 N–H and O–H groups in total. The lowest BCUT2D eigenvalue weighted by molar-refractivity contribution is -0.138. The summed E-state index contributed by atoms with van der Waals surface area (Å²) in [5.74, 6) is -0.356. The first-order chi connectivity index (χ1) is 7.95. The van der Waals surface area contributed by atoms with Gasteiger partial charge in [-0.1, -0.05) is 32.6 Å². The number of rotatable bonds is 6. The monoisotopic (exact) mass is 240 g/mol. The van der Waals surface area contributed by atoms with Crippen molar-refractivity contribution in [3.8, 4) is 0 Å². The molecular formula is C13H24N2O2. The second kappa shape index (κ2) is 6.15. The van der Waals surface area contributed by atoms with Crippen LogP contribution in [0.15, 0.2) is 0 Å². The van der Waals surface area contributed by atoms with Gasteiger partial charge in [-0.05, 0) is 20.3 Å². The Morgan fingerprint density at radius 1 is 1.12 bits per heavy atom. The summed E-state index contributed by atoms with van der Waals surface area (Å²) in [5, 5.41) is 2.34. The number of piperazine rings is 1. The van der Waals surface area contributed by atoms with Gasteiger partial charge in [-0.25, -0.2) is 0 Å². The molecule has 0 aromatic heterocycles. The average molecular weight is 240 g/mol. The van der Waals surface area contributed by atoms with Crippen LogP contribution in [-0.4, -0.2) is 35.3 Å². The van der Waals surface area contributed by atoms with E-state index in [1.54, 1.807) is 0 Å². The molecule has 0 saturated carbocycles. The molecule has 17 heavy (non-hydrogen) atoms. The predicted octanol–water partition coefficient (Wildman–Crippen LogP) is 1.69. The Kier molecular flexibility index (Phi) is 5.12. The molecule has 1 heterocycles. The number of unbranched alkanes of at least 4 members (excludes halogenated alkanes) is 3. The molecule has 2 amide bonds. The minimum Gasteiger partial charge on any atom is -0.294 e. The summed E-state index contributed by atoms with van der Waals surface area (Å²) >= 11 is 0. The Bertz CT molecular complexity index is 271. The number of nitrogens with one attached hydrogen (secondary N) is 1. The topological polar surface area (TPSA) is 49.4 Å². The molecule has 4 heteroatoms. The van der Waals surface area contributed by atoms with Crippen molar-refractivity contribution in [2.75, 3.05) is 13.1 Å². The smallest absolute Gasteiger partial charge is 0.240 e. The lowest BCUT2D eigenvalue weighted by Gasteiger charge is -2.39. The maximum atomic E-state index is 11.3. The molecule has 0 aromatic carbocycles. The fourth-order valence-electron chi connectivity index (χ4n) is 2.21. The van der Waals surface area contributed by atoms with Gasteiger partial charge in [0.05, 0.1) is 13.1 Å². The third kappa shape index (κ3) is 4.46. The van der Waals surface area contributed by atoms with E-state index in [0.29, 0.717) is 13.1 Å². The van der Waals surface area contributed by atoms with Crippen molar-refractivity contribution < 1.29 is 9.59 Å². The largest absolute Gasteiger partial charge is 0.294 e. The number of imide groups is 1. The van der Waals surface area contributed by atoms with E-state index in [2.05, 4.69) is 26.1 Å². The number of hydrogen-bond acceptors (Lipinski definition) is 3. The van der Waals surface area contributed by atoms with Crippen LogP contribution in [0, 0.1) is 0 Å². The van der Waals surface area contributed by atoms with Crippen LogP contribution in [0.25, 0.3) is 0 Å². The Labute approximate surface area is 104 Å². The van der Waals surface area contributed by atoms with Crippen molar-refractivity contribution in [1.29, 1.82) is 0 Å². The van der Waals surface area contributed by atoms with E-state index < -0.39 is 0 Å². The second-order valence-corrected chi connectivity index (χ2v) is 5.45. The predicted molar refractivity (Wildman–Crippen MR) is 67.6 cm³/mol. The van der Waals surface area contributed by atoms with E-state index in [-0.39, 0.29) is 17.4 Å². The Balaban J connectivity index is 2.44. The van der Waals surface area contributed by atoms with Crippen LogP contribution < -0.4 is 5.32 Å². The average Bonchev–Trinajstić information content (AvgIpc) is 2.23. The third-order valence-electron chi connectivity index (χ3n) is 3.45. The molecule has 0 atom stereocenters. The van der Waals surface area contributed by atoms with Crippen molar-refractivity contribution in [2.45, 2.75) is 58.4 Å². The summed E-state index contributed by atoms with van der Waals surface area (Å²) in [6.07, 6.45) is 5.91. The van der Waals surface area contributed by atoms with E-state index in [4.69, 9.17) is 0 Å². The highest BCUT2D eigenvalue weighted by Crippen LogP contribution is 2.22.